The van der Waals surface area contributed by atoms with Crippen LogP contribution in [0.2, 0.25) is 0 Å². The minimum atomic E-state index is -1.02. The monoisotopic (exact) mass is 242 g/mol. The van der Waals surface area contributed by atoms with Crippen LogP contribution >= 0.6 is 0 Å². The van der Waals surface area contributed by atoms with E-state index in [0.29, 0.717) is 5.41 Å². The molecule has 0 aromatic carbocycles. The fourth-order valence-corrected chi connectivity index (χ4v) is 2.21. The van der Waals surface area contributed by atoms with Crippen molar-refractivity contribution in [2.24, 2.45) is 5.41 Å². The summed E-state index contributed by atoms with van der Waals surface area (Å²) in [5, 5.41) is 10.9. The largest absolute Gasteiger partial charge is 0.480 e. The van der Waals surface area contributed by atoms with Crippen LogP contribution in [-0.4, -0.2) is 41.6 Å². The number of carbonyl (C=O) groups is 2. The summed E-state index contributed by atoms with van der Waals surface area (Å²) in [6.45, 7) is 4.17. The van der Waals surface area contributed by atoms with Gasteiger partial charge < -0.3 is 15.3 Å². The van der Waals surface area contributed by atoms with E-state index >= 15 is 0 Å². The number of carboxylic acid groups (broad SMARTS) is 1. The molecular formula is C12H22N2O3. The maximum absolute atomic E-state index is 11.7. The van der Waals surface area contributed by atoms with Crippen molar-refractivity contribution < 1.29 is 14.7 Å². The average molecular weight is 242 g/mol. The summed E-state index contributed by atoms with van der Waals surface area (Å²) in [7, 11) is 1.74. The number of carboxylic acids is 1. The minimum Gasteiger partial charge on any atom is -0.480 e. The van der Waals surface area contributed by atoms with Gasteiger partial charge in [-0.15, -0.1) is 0 Å². The van der Waals surface area contributed by atoms with E-state index in [2.05, 4.69) is 19.2 Å². The van der Waals surface area contributed by atoms with Gasteiger partial charge in [0.05, 0.1) is 0 Å². The lowest BCUT2D eigenvalue weighted by Gasteiger charge is -2.38. The maximum atomic E-state index is 11.7. The molecule has 1 saturated carbocycles. The van der Waals surface area contributed by atoms with Gasteiger partial charge in [0.25, 0.3) is 0 Å². The molecular weight excluding hydrogens is 220 g/mol. The van der Waals surface area contributed by atoms with Crippen LogP contribution in [0, 0.1) is 5.41 Å². The van der Waals surface area contributed by atoms with Gasteiger partial charge in [-0.1, -0.05) is 13.8 Å². The second kappa shape index (κ2) is 5.38. The number of urea groups is 1. The van der Waals surface area contributed by atoms with E-state index in [1.54, 1.807) is 11.9 Å². The molecule has 0 atom stereocenters. The fourth-order valence-electron chi connectivity index (χ4n) is 2.21. The first kappa shape index (κ1) is 13.8. The summed E-state index contributed by atoms with van der Waals surface area (Å²) < 4.78 is 0. The van der Waals surface area contributed by atoms with Crippen molar-refractivity contribution >= 4 is 12.0 Å². The first-order valence-electron chi connectivity index (χ1n) is 6.04. The summed E-state index contributed by atoms with van der Waals surface area (Å²) in [6, 6.07) is -0.0612. The zero-order chi connectivity index (χ0) is 13.1. The molecule has 2 amide bonds. The highest BCUT2D eigenvalue weighted by Crippen LogP contribution is 2.36. The second-order valence-corrected chi connectivity index (χ2v) is 5.56. The standard InChI is InChI=1S/C12H22N2O3/c1-12(2)6-4-9(5-7-12)14(3)11(17)13-8-10(15)16/h9H,4-8H2,1-3H3,(H,13,17)(H,15,16). The number of hydrogen-bond donors (Lipinski definition) is 2. The molecule has 5 heteroatoms. The molecule has 0 aromatic rings. The molecule has 5 nitrogen and oxygen atoms in total. The Labute approximate surface area is 102 Å². The number of carbonyl (C=O) groups excluding carboxylic acids is 1. The first-order chi connectivity index (χ1) is 7.82. The number of hydrogen-bond acceptors (Lipinski definition) is 2. The Bertz CT molecular complexity index is 292. The molecule has 0 saturated heterocycles. The molecule has 0 unspecified atom stereocenters. The molecule has 0 radical (unpaired) electrons. The van der Waals surface area contributed by atoms with Crippen molar-refractivity contribution in [3.8, 4) is 0 Å². The van der Waals surface area contributed by atoms with Crippen molar-refractivity contribution in [1.82, 2.24) is 10.2 Å². The molecule has 17 heavy (non-hydrogen) atoms. The van der Waals surface area contributed by atoms with Crippen LogP contribution in [0.1, 0.15) is 39.5 Å². The van der Waals surface area contributed by atoms with E-state index in [1.165, 1.54) is 0 Å². The lowest BCUT2D eigenvalue weighted by atomic mass is 9.75. The quantitative estimate of drug-likeness (QED) is 0.791. The van der Waals surface area contributed by atoms with Gasteiger partial charge in [0.15, 0.2) is 0 Å². The van der Waals surface area contributed by atoms with Crippen molar-refractivity contribution in [2.45, 2.75) is 45.6 Å². The van der Waals surface area contributed by atoms with Crippen LogP contribution in [0.3, 0.4) is 0 Å². The smallest absolute Gasteiger partial charge is 0.323 e. The zero-order valence-corrected chi connectivity index (χ0v) is 10.8. The maximum Gasteiger partial charge on any atom is 0.323 e. The minimum absolute atomic E-state index is 0.233. The third-order valence-electron chi connectivity index (χ3n) is 3.57. The lowest BCUT2D eigenvalue weighted by molar-refractivity contribution is -0.135. The molecule has 98 valence electrons. The van der Waals surface area contributed by atoms with Crippen molar-refractivity contribution in [3.05, 3.63) is 0 Å². The van der Waals surface area contributed by atoms with Gasteiger partial charge in [0, 0.05) is 13.1 Å². The average Bonchev–Trinajstić information content (AvgIpc) is 2.25. The van der Waals surface area contributed by atoms with Gasteiger partial charge in [-0.05, 0) is 31.1 Å². The third kappa shape index (κ3) is 4.24. The molecule has 1 fully saturated rings. The number of nitrogens with one attached hydrogen (secondary N) is 1. The highest BCUT2D eigenvalue weighted by molar-refractivity contribution is 5.79. The van der Waals surface area contributed by atoms with Gasteiger partial charge in [-0.2, -0.15) is 0 Å². The number of rotatable bonds is 3. The van der Waals surface area contributed by atoms with Crippen LogP contribution in [0.5, 0.6) is 0 Å². The first-order valence-corrected chi connectivity index (χ1v) is 6.04. The Hall–Kier alpha value is -1.26. The number of aliphatic carboxylic acids is 1. The Morgan fingerprint density at radius 3 is 2.35 bits per heavy atom. The van der Waals surface area contributed by atoms with Crippen molar-refractivity contribution in [2.75, 3.05) is 13.6 Å². The Morgan fingerprint density at radius 2 is 1.88 bits per heavy atom. The zero-order valence-electron chi connectivity index (χ0n) is 10.8. The topological polar surface area (TPSA) is 69.6 Å². The van der Waals surface area contributed by atoms with E-state index in [9.17, 15) is 9.59 Å². The third-order valence-corrected chi connectivity index (χ3v) is 3.57. The van der Waals surface area contributed by atoms with Crippen molar-refractivity contribution in [1.29, 1.82) is 0 Å². The van der Waals surface area contributed by atoms with E-state index < -0.39 is 5.97 Å². The van der Waals surface area contributed by atoms with Gasteiger partial charge in [0.2, 0.25) is 0 Å². The highest BCUT2D eigenvalue weighted by Gasteiger charge is 2.30. The Kier molecular flexibility index (Phi) is 4.37. The molecule has 0 spiro atoms. The lowest BCUT2D eigenvalue weighted by Crippen LogP contribution is -2.46. The Morgan fingerprint density at radius 1 is 1.35 bits per heavy atom. The molecule has 0 bridgehead atoms. The second-order valence-electron chi connectivity index (χ2n) is 5.56. The molecule has 0 heterocycles. The van der Waals surface area contributed by atoms with Crippen LogP contribution in [0.15, 0.2) is 0 Å². The summed E-state index contributed by atoms with van der Waals surface area (Å²) >= 11 is 0. The molecule has 1 aliphatic rings. The predicted molar refractivity (Wildman–Crippen MR) is 64.8 cm³/mol. The van der Waals surface area contributed by atoms with Crippen LogP contribution in [-0.2, 0) is 4.79 Å². The molecule has 0 aliphatic heterocycles. The van der Waals surface area contributed by atoms with Crippen LogP contribution < -0.4 is 5.32 Å². The molecule has 1 rings (SSSR count). The van der Waals surface area contributed by atoms with Gasteiger partial charge in [-0.3, -0.25) is 4.79 Å². The van der Waals surface area contributed by atoms with Gasteiger partial charge in [0.1, 0.15) is 6.54 Å². The summed E-state index contributed by atoms with van der Waals surface area (Å²) in [5.74, 6) is -1.02. The molecule has 1 aliphatic carbocycles. The van der Waals surface area contributed by atoms with E-state index in [1.807, 2.05) is 0 Å². The predicted octanol–water partition coefficient (Wildman–Crippen LogP) is 1.68. The van der Waals surface area contributed by atoms with Gasteiger partial charge >= 0.3 is 12.0 Å². The fraction of sp³-hybridized carbons (Fsp3) is 0.833. The number of amides is 2. The van der Waals surface area contributed by atoms with Gasteiger partial charge in [-0.25, -0.2) is 4.79 Å². The summed E-state index contributed by atoms with van der Waals surface area (Å²) in [6.07, 6.45) is 4.19. The summed E-state index contributed by atoms with van der Waals surface area (Å²) in [5.41, 5.74) is 0.370. The highest BCUT2D eigenvalue weighted by atomic mass is 16.4. The Balaban J connectivity index is 2.40. The van der Waals surface area contributed by atoms with Crippen molar-refractivity contribution in [3.63, 3.8) is 0 Å². The van der Waals surface area contributed by atoms with E-state index in [0.717, 1.165) is 25.7 Å². The number of nitrogens with zero attached hydrogens (tertiary/aromatic N) is 1. The van der Waals surface area contributed by atoms with Crippen LogP contribution in [0.4, 0.5) is 4.79 Å². The van der Waals surface area contributed by atoms with Crippen LogP contribution in [0.25, 0.3) is 0 Å². The SMILES string of the molecule is CN(C(=O)NCC(=O)O)C1CCC(C)(C)CC1. The van der Waals surface area contributed by atoms with E-state index in [-0.39, 0.29) is 18.6 Å². The molecule has 2 N–H and O–H groups in total. The summed E-state index contributed by atoms with van der Waals surface area (Å²) in [4.78, 5) is 23.7. The van der Waals surface area contributed by atoms with E-state index in [4.69, 9.17) is 5.11 Å². The molecule has 0 aromatic heterocycles. The normalized spacial score (nSPS) is 19.7.